The molecule has 0 aromatic rings. The molecule has 2 amide bonds. The van der Waals surface area contributed by atoms with Crippen LogP contribution < -0.4 is 5.73 Å². The molecule has 4 nitrogen and oxygen atoms in total. The number of primary amides is 1. The van der Waals surface area contributed by atoms with Gasteiger partial charge >= 0.3 is 6.03 Å². The molecule has 2 N–H and O–H groups in total. The Kier molecular flexibility index (Phi) is 4.15. The van der Waals surface area contributed by atoms with Crippen molar-refractivity contribution < 1.29 is 4.79 Å². The quantitative estimate of drug-likeness (QED) is 0.827. The Morgan fingerprint density at radius 3 is 2.17 bits per heavy atom. The van der Waals surface area contributed by atoms with Gasteiger partial charge in [-0.15, -0.1) is 0 Å². The van der Waals surface area contributed by atoms with Gasteiger partial charge in [-0.05, 0) is 36.6 Å². The highest BCUT2D eigenvalue weighted by molar-refractivity contribution is 5.72. The van der Waals surface area contributed by atoms with E-state index in [0.29, 0.717) is 11.8 Å². The highest BCUT2D eigenvalue weighted by atomic mass is 16.2. The summed E-state index contributed by atoms with van der Waals surface area (Å²) in [4.78, 5) is 15.5. The maximum absolute atomic E-state index is 11.1. The molecule has 0 aromatic carbocycles. The minimum absolute atomic E-state index is 0.246. The molecule has 0 bridgehead atoms. The zero-order valence-corrected chi connectivity index (χ0v) is 11.9. The molecule has 0 aromatic heterocycles. The van der Waals surface area contributed by atoms with E-state index >= 15 is 0 Å². The van der Waals surface area contributed by atoms with Gasteiger partial charge in [-0.3, -0.25) is 0 Å². The fourth-order valence-corrected chi connectivity index (χ4v) is 3.17. The third-order valence-electron chi connectivity index (χ3n) is 4.91. The van der Waals surface area contributed by atoms with E-state index in [-0.39, 0.29) is 6.03 Å². The van der Waals surface area contributed by atoms with Crippen molar-refractivity contribution in [3.05, 3.63) is 0 Å². The average Bonchev–Trinajstić information content (AvgIpc) is 2.82. The summed E-state index contributed by atoms with van der Waals surface area (Å²) in [5.74, 6) is 2.89. The Balaban J connectivity index is 1.74. The topological polar surface area (TPSA) is 49.6 Å². The molecule has 2 aliphatic heterocycles. The van der Waals surface area contributed by atoms with Crippen LogP contribution in [-0.4, -0.2) is 48.6 Å². The fourth-order valence-electron chi connectivity index (χ4n) is 3.17. The minimum atomic E-state index is -0.246. The normalized spacial score (nSPS) is 29.9. The highest BCUT2D eigenvalue weighted by Gasteiger charge is 2.40. The van der Waals surface area contributed by atoms with Crippen molar-refractivity contribution in [1.29, 1.82) is 0 Å². The molecule has 3 atom stereocenters. The van der Waals surface area contributed by atoms with E-state index in [1.165, 1.54) is 13.0 Å². The van der Waals surface area contributed by atoms with Crippen molar-refractivity contribution in [2.75, 3.05) is 32.7 Å². The molecule has 0 aliphatic carbocycles. The van der Waals surface area contributed by atoms with Gasteiger partial charge < -0.3 is 15.5 Å². The van der Waals surface area contributed by atoms with Crippen molar-refractivity contribution in [3.8, 4) is 0 Å². The number of rotatable bonds is 4. The van der Waals surface area contributed by atoms with Gasteiger partial charge in [0.15, 0.2) is 0 Å². The third kappa shape index (κ3) is 2.97. The lowest BCUT2D eigenvalue weighted by Crippen LogP contribution is -2.37. The van der Waals surface area contributed by atoms with E-state index < -0.39 is 0 Å². The Morgan fingerprint density at radius 2 is 1.72 bits per heavy atom. The highest BCUT2D eigenvalue weighted by Crippen LogP contribution is 2.31. The molecule has 3 unspecified atom stereocenters. The Labute approximate surface area is 110 Å². The van der Waals surface area contributed by atoms with Crippen LogP contribution >= 0.6 is 0 Å². The van der Waals surface area contributed by atoms with Crippen LogP contribution in [0, 0.1) is 23.7 Å². The first-order valence-electron chi connectivity index (χ1n) is 7.24. The average molecular weight is 253 g/mol. The van der Waals surface area contributed by atoms with Crippen molar-refractivity contribution in [3.63, 3.8) is 0 Å². The van der Waals surface area contributed by atoms with E-state index in [4.69, 9.17) is 5.73 Å². The molecule has 104 valence electrons. The maximum Gasteiger partial charge on any atom is 0.314 e. The van der Waals surface area contributed by atoms with Crippen LogP contribution in [0.15, 0.2) is 0 Å². The second-order valence-corrected chi connectivity index (χ2v) is 6.53. The van der Waals surface area contributed by atoms with E-state index in [1.807, 2.05) is 4.90 Å². The Morgan fingerprint density at radius 1 is 1.17 bits per heavy atom. The predicted molar refractivity (Wildman–Crippen MR) is 73.2 cm³/mol. The fraction of sp³-hybridized carbons (Fsp3) is 0.929. The first-order chi connectivity index (χ1) is 8.47. The van der Waals surface area contributed by atoms with Crippen molar-refractivity contribution >= 4 is 6.03 Å². The molecule has 2 rings (SSSR count). The smallest absolute Gasteiger partial charge is 0.314 e. The van der Waals surface area contributed by atoms with Gasteiger partial charge in [0.2, 0.25) is 0 Å². The number of carbonyl (C=O) groups is 1. The summed E-state index contributed by atoms with van der Waals surface area (Å²) >= 11 is 0. The summed E-state index contributed by atoms with van der Waals surface area (Å²) in [6.45, 7) is 12.2. The summed E-state index contributed by atoms with van der Waals surface area (Å²) < 4.78 is 0. The van der Waals surface area contributed by atoms with Crippen LogP contribution in [0.1, 0.15) is 27.2 Å². The number of nitrogens with zero attached hydrogens (tertiary/aromatic N) is 2. The SMILES string of the molecule is CC(C)C(C)CCN1CC2CN(C(N)=O)CC2C1. The summed E-state index contributed by atoms with van der Waals surface area (Å²) in [6.07, 6.45) is 1.29. The van der Waals surface area contributed by atoms with Gasteiger partial charge in [-0.1, -0.05) is 20.8 Å². The molecular formula is C14H27N3O. The van der Waals surface area contributed by atoms with Gasteiger partial charge in [0.05, 0.1) is 0 Å². The Bertz CT molecular complexity index is 291. The lowest BCUT2D eigenvalue weighted by molar-refractivity contribution is 0.206. The van der Waals surface area contributed by atoms with E-state index in [1.54, 1.807) is 0 Å². The Hall–Kier alpha value is -0.770. The summed E-state index contributed by atoms with van der Waals surface area (Å²) in [7, 11) is 0. The zero-order valence-electron chi connectivity index (χ0n) is 11.9. The van der Waals surface area contributed by atoms with Crippen molar-refractivity contribution in [2.24, 2.45) is 29.4 Å². The first kappa shape index (κ1) is 13.7. The summed E-state index contributed by atoms with van der Waals surface area (Å²) in [5, 5.41) is 0. The van der Waals surface area contributed by atoms with Gasteiger partial charge in [0.1, 0.15) is 0 Å². The van der Waals surface area contributed by atoms with Gasteiger partial charge in [0.25, 0.3) is 0 Å². The monoisotopic (exact) mass is 253 g/mol. The third-order valence-corrected chi connectivity index (χ3v) is 4.91. The number of hydrogen-bond donors (Lipinski definition) is 1. The lowest BCUT2D eigenvalue weighted by atomic mass is 9.95. The molecule has 2 heterocycles. The zero-order chi connectivity index (χ0) is 13.3. The number of nitrogens with two attached hydrogens (primary N) is 1. The molecule has 0 radical (unpaired) electrons. The second kappa shape index (κ2) is 5.47. The lowest BCUT2D eigenvalue weighted by Gasteiger charge is -2.23. The van der Waals surface area contributed by atoms with E-state index in [0.717, 1.165) is 38.0 Å². The molecule has 4 heteroatoms. The number of hydrogen-bond acceptors (Lipinski definition) is 2. The van der Waals surface area contributed by atoms with Crippen molar-refractivity contribution in [1.82, 2.24) is 9.80 Å². The molecule has 0 spiro atoms. The first-order valence-corrected chi connectivity index (χ1v) is 7.24. The summed E-state index contributed by atoms with van der Waals surface area (Å²) in [6, 6.07) is -0.246. The molecule has 0 saturated carbocycles. The molecule has 2 saturated heterocycles. The summed E-state index contributed by atoms with van der Waals surface area (Å²) in [5.41, 5.74) is 5.34. The number of fused-ring (bicyclic) bond motifs is 1. The molecule has 18 heavy (non-hydrogen) atoms. The van der Waals surface area contributed by atoms with E-state index in [9.17, 15) is 4.79 Å². The van der Waals surface area contributed by atoms with Crippen LogP contribution in [0.3, 0.4) is 0 Å². The van der Waals surface area contributed by atoms with Crippen LogP contribution in [-0.2, 0) is 0 Å². The van der Waals surface area contributed by atoms with Crippen molar-refractivity contribution in [2.45, 2.75) is 27.2 Å². The van der Waals surface area contributed by atoms with Gasteiger partial charge in [-0.2, -0.15) is 0 Å². The largest absolute Gasteiger partial charge is 0.351 e. The molecular weight excluding hydrogens is 226 g/mol. The van der Waals surface area contributed by atoms with Crippen LogP contribution in [0.25, 0.3) is 0 Å². The van der Waals surface area contributed by atoms with E-state index in [2.05, 4.69) is 25.7 Å². The van der Waals surface area contributed by atoms with Gasteiger partial charge in [-0.25, -0.2) is 4.79 Å². The van der Waals surface area contributed by atoms with Crippen LogP contribution in [0.5, 0.6) is 0 Å². The molecule has 2 fully saturated rings. The molecule has 2 aliphatic rings. The minimum Gasteiger partial charge on any atom is -0.351 e. The number of amides is 2. The van der Waals surface area contributed by atoms with Gasteiger partial charge in [0, 0.05) is 26.2 Å². The van der Waals surface area contributed by atoms with Crippen LogP contribution in [0.4, 0.5) is 4.79 Å². The maximum atomic E-state index is 11.1. The number of carbonyl (C=O) groups excluding carboxylic acids is 1. The standard InChI is InChI=1S/C14H27N3O/c1-10(2)11(3)4-5-16-6-12-8-17(14(15)18)9-13(12)7-16/h10-13H,4-9H2,1-3H3,(H2,15,18). The number of likely N-dealkylation sites (tertiary alicyclic amines) is 2. The predicted octanol–water partition coefficient (Wildman–Crippen LogP) is 1.61. The second-order valence-electron chi connectivity index (χ2n) is 6.53. The number of urea groups is 1. The van der Waals surface area contributed by atoms with Crippen LogP contribution in [0.2, 0.25) is 0 Å².